The van der Waals surface area contributed by atoms with Crippen LogP contribution in [0.4, 0.5) is 0 Å². The first kappa shape index (κ1) is 12.8. The van der Waals surface area contributed by atoms with Gasteiger partial charge in [0.2, 0.25) is 0 Å². The molecule has 0 spiro atoms. The Labute approximate surface area is 128 Å². The molecule has 0 aliphatic carbocycles. The molecule has 0 atom stereocenters. The van der Waals surface area contributed by atoms with E-state index in [1.54, 1.807) is 41.1 Å². The number of carbonyl (C=O) groups is 1. The molecular weight excluding hydrogens is 298 g/mol. The summed E-state index contributed by atoms with van der Waals surface area (Å²) in [6, 6.07) is 12.5. The van der Waals surface area contributed by atoms with Gasteiger partial charge < -0.3 is 0 Å². The molecule has 106 valence electrons. The number of aromatic nitrogens is 3. The second-order valence-corrected chi connectivity index (χ2v) is 5.76. The minimum Gasteiger partial charge on any atom is -0.289 e. The number of thiazole rings is 1. The molecule has 3 heterocycles. The Kier molecular flexibility index (Phi) is 2.83. The van der Waals surface area contributed by atoms with Crippen molar-refractivity contribution in [3.05, 3.63) is 75.7 Å². The minimum atomic E-state index is -0.249. The Morgan fingerprint density at radius 1 is 1.09 bits per heavy atom. The van der Waals surface area contributed by atoms with Gasteiger partial charge in [-0.1, -0.05) is 41.7 Å². The molecule has 0 saturated heterocycles. The van der Waals surface area contributed by atoms with Gasteiger partial charge in [-0.15, -0.1) is 0 Å². The first-order valence-corrected chi connectivity index (χ1v) is 7.42. The molecule has 2 aromatic rings. The van der Waals surface area contributed by atoms with Crippen molar-refractivity contribution in [2.24, 2.45) is 0 Å². The molecule has 0 radical (unpaired) electrons. The predicted octanol–water partition coefficient (Wildman–Crippen LogP) is 2.49. The molecule has 0 amide bonds. The van der Waals surface area contributed by atoms with E-state index in [9.17, 15) is 9.59 Å². The van der Waals surface area contributed by atoms with Crippen molar-refractivity contribution in [1.82, 2.24) is 14.4 Å². The summed E-state index contributed by atoms with van der Waals surface area (Å²) in [6.07, 6.45) is 3.33. The summed E-state index contributed by atoms with van der Waals surface area (Å²) < 4.78 is 1.72. The molecule has 4 rings (SSSR count). The van der Waals surface area contributed by atoms with E-state index in [4.69, 9.17) is 0 Å². The zero-order chi connectivity index (χ0) is 15.1. The topological polar surface area (TPSA) is 64.3 Å². The average molecular weight is 307 g/mol. The SMILES string of the molecule is O=C(c1ccccc1)c1ccn2c3nc(=O)sc-3cnc2c1. The molecule has 0 bridgehead atoms. The highest BCUT2D eigenvalue weighted by Crippen LogP contribution is 2.22. The van der Waals surface area contributed by atoms with Gasteiger partial charge in [0.25, 0.3) is 0 Å². The van der Waals surface area contributed by atoms with Crippen LogP contribution >= 0.6 is 11.3 Å². The zero-order valence-electron chi connectivity index (χ0n) is 11.3. The zero-order valence-corrected chi connectivity index (χ0v) is 12.1. The molecule has 0 saturated carbocycles. The highest BCUT2D eigenvalue weighted by atomic mass is 32.1. The summed E-state index contributed by atoms with van der Waals surface area (Å²) >= 11 is 1.06. The van der Waals surface area contributed by atoms with Gasteiger partial charge in [0.1, 0.15) is 5.65 Å². The quantitative estimate of drug-likeness (QED) is 0.534. The van der Waals surface area contributed by atoms with Gasteiger partial charge in [-0.25, -0.2) is 4.98 Å². The Bertz CT molecular complexity index is 1020. The maximum absolute atomic E-state index is 12.5. The molecule has 2 aliphatic heterocycles. The van der Waals surface area contributed by atoms with Crippen molar-refractivity contribution in [2.45, 2.75) is 0 Å². The first-order valence-electron chi connectivity index (χ1n) is 6.60. The lowest BCUT2D eigenvalue weighted by atomic mass is 10.0. The molecule has 0 fully saturated rings. The fraction of sp³-hybridized carbons (Fsp3) is 0. The standard InChI is InChI=1S/C16H9N3O2S/c20-14(10-4-2-1-3-5-10)11-6-7-19-13(8-11)17-9-12-15(19)18-16(21)22-12/h1-9H. The Morgan fingerprint density at radius 2 is 1.91 bits per heavy atom. The molecule has 5 nitrogen and oxygen atoms in total. The first-order chi connectivity index (χ1) is 10.7. The fourth-order valence-electron chi connectivity index (χ4n) is 2.35. The van der Waals surface area contributed by atoms with Gasteiger partial charge in [-0.2, -0.15) is 4.98 Å². The van der Waals surface area contributed by atoms with Crippen molar-refractivity contribution >= 4 is 22.8 Å². The number of nitrogens with zero attached hydrogens (tertiary/aromatic N) is 3. The lowest BCUT2D eigenvalue weighted by molar-refractivity contribution is 0.103. The van der Waals surface area contributed by atoms with E-state index in [-0.39, 0.29) is 10.7 Å². The number of pyridine rings is 1. The molecule has 6 heteroatoms. The second kappa shape index (κ2) is 4.85. The molecular formula is C16H9N3O2S. The summed E-state index contributed by atoms with van der Waals surface area (Å²) in [4.78, 5) is 32.6. The fourth-order valence-corrected chi connectivity index (χ4v) is 3.01. The van der Waals surface area contributed by atoms with Crippen molar-refractivity contribution < 1.29 is 4.79 Å². The molecule has 0 unspecified atom stereocenters. The van der Waals surface area contributed by atoms with Crippen LogP contribution in [0.25, 0.3) is 16.3 Å². The van der Waals surface area contributed by atoms with E-state index < -0.39 is 0 Å². The number of ketones is 1. The van der Waals surface area contributed by atoms with Crippen molar-refractivity contribution in [1.29, 1.82) is 0 Å². The van der Waals surface area contributed by atoms with Crippen LogP contribution in [0.1, 0.15) is 15.9 Å². The summed E-state index contributed by atoms with van der Waals surface area (Å²) in [5.41, 5.74) is 1.76. The Balaban J connectivity index is 1.88. The highest BCUT2D eigenvalue weighted by Gasteiger charge is 2.15. The molecule has 2 aliphatic rings. The van der Waals surface area contributed by atoms with Crippen LogP contribution in [0.2, 0.25) is 0 Å². The Hall–Kier alpha value is -2.86. The predicted molar refractivity (Wildman–Crippen MR) is 83.6 cm³/mol. The normalized spacial score (nSPS) is 11.1. The lowest BCUT2D eigenvalue weighted by Crippen LogP contribution is -2.05. The molecule has 22 heavy (non-hydrogen) atoms. The number of carbonyl (C=O) groups excluding carboxylic acids is 1. The van der Waals surface area contributed by atoms with Crippen LogP contribution in [0.5, 0.6) is 0 Å². The third-order valence-electron chi connectivity index (χ3n) is 3.39. The van der Waals surface area contributed by atoms with Crippen LogP contribution in [-0.4, -0.2) is 20.2 Å². The van der Waals surface area contributed by atoms with Crippen molar-refractivity contribution in [3.63, 3.8) is 0 Å². The number of hydrogen-bond donors (Lipinski definition) is 0. The molecule has 1 aromatic heterocycles. The minimum absolute atomic E-state index is 0.0622. The van der Waals surface area contributed by atoms with Crippen LogP contribution in [-0.2, 0) is 0 Å². The van der Waals surface area contributed by atoms with Gasteiger partial charge in [0, 0.05) is 17.3 Å². The van der Waals surface area contributed by atoms with E-state index in [0.717, 1.165) is 16.2 Å². The van der Waals surface area contributed by atoms with Crippen LogP contribution in [0, 0.1) is 0 Å². The van der Waals surface area contributed by atoms with E-state index in [2.05, 4.69) is 9.97 Å². The van der Waals surface area contributed by atoms with Gasteiger partial charge in [-0.3, -0.25) is 14.0 Å². The highest BCUT2D eigenvalue weighted by molar-refractivity contribution is 7.12. The maximum atomic E-state index is 12.5. The van der Waals surface area contributed by atoms with Gasteiger partial charge in [0.05, 0.1) is 11.1 Å². The van der Waals surface area contributed by atoms with E-state index in [0.29, 0.717) is 22.6 Å². The van der Waals surface area contributed by atoms with Crippen LogP contribution in [0.3, 0.4) is 0 Å². The number of hydrogen-bond acceptors (Lipinski definition) is 5. The number of rotatable bonds is 2. The van der Waals surface area contributed by atoms with E-state index in [1.165, 1.54) is 0 Å². The average Bonchev–Trinajstić information content (AvgIpc) is 2.95. The lowest BCUT2D eigenvalue weighted by Gasteiger charge is -2.07. The largest absolute Gasteiger partial charge is 0.329 e. The number of fused-ring (bicyclic) bond motifs is 3. The Morgan fingerprint density at radius 3 is 2.73 bits per heavy atom. The third kappa shape index (κ3) is 2.01. The smallest absolute Gasteiger partial charge is 0.289 e. The third-order valence-corrected chi connectivity index (χ3v) is 4.16. The maximum Gasteiger partial charge on any atom is 0.329 e. The number of benzene rings is 1. The van der Waals surface area contributed by atoms with Crippen LogP contribution in [0.15, 0.2) is 59.7 Å². The molecule has 0 N–H and O–H groups in total. The summed E-state index contributed by atoms with van der Waals surface area (Å²) in [5.74, 6) is 0.506. The van der Waals surface area contributed by atoms with E-state index in [1.807, 2.05) is 18.2 Å². The molecule has 1 aromatic carbocycles. The summed E-state index contributed by atoms with van der Waals surface area (Å²) in [7, 11) is 0. The monoisotopic (exact) mass is 307 g/mol. The van der Waals surface area contributed by atoms with Crippen molar-refractivity contribution in [3.8, 4) is 10.7 Å². The van der Waals surface area contributed by atoms with E-state index >= 15 is 0 Å². The van der Waals surface area contributed by atoms with Crippen LogP contribution < -0.4 is 4.87 Å². The summed E-state index contributed by atoms with van der Waals surface area (Å²) in [6.45, 7) is 0. The second-order valence-electron chi connectivity index (χ2n) is 4.76. The van der Waals surface area contributed by atoms with Crippen molar-refractivity contribution in [2.75, 3.05) is 0 Å². The summed E-state index contributed by atoms with van der Waals surface area (Å²) in [5, 5.41) is 0. The van der Waals surface area contributed by atoms with Gasteiger partial charge in [-0.05, 0) is 12.1 Å². The van der Waals surface area contributed by atoms with Gasteiger partial charge >= 0.3 is 4.87 Å². The van der Waals surface area contributed by atoms with Gasteiger partial charge in [0.15, 0.2) is 11.6 Å².